The van der Waals surface area contributed by atoms with E-state index >= 15 is 0 Å². The fraction of sp³-hybridized carbons (Fsp3) is 0.400. The highest BCUT2D eigenvalue weighted by Crippen LogP contribution is 2.17. The lowest BCUT2D eigenvalue weighted by Gasteiger charge is -2.21. The van der Waals surface area contributed by atoms with Crippen LogP contribution in [0.15, 0.2) is 36.4 Å². The van der Waals surface area contributed by atoms with Crippen LogP contribution in [0.25, 0.3) is 0 Å². The van der Waals surface area contributed by atoms with Crippen molar-refractivity contribution in [3.63, 3.8) is 0 Å². The molecule has 1 N–H and O–H groups in total. The van der Waals surface area contributed by atoms with E-state index in [9.17, 15) is 9.59 Å². The zero-order valence-corrected chi connectivity index (χ0v) is 15.5. The number of aryl methyl sites for hydroxylation is 2. The Morgan fingerprint density at radius 2 is 1.58 bits per heavy atom. The van der Waals surface area contributed by atoms with Crippen molar-refractivity contribution in [2.24, 2.45) is 0 Å². The van der Waals surface area contributed by atoms with Crippen molar-refractivity contribution in [1.29, 1.82) is 0 Å². The zero-order chi connectivity index (χ0) is 18.7. The predicted molar refractivity (Wildman–Crippen MR) is 99.9 cm³/mol. The molecule has 1 aromatic heterocycles. The molecule has 138 valence electrons. The van der Waals surface area contributed by atoms with Crippen LogP contribution in [0.3, 0.4) is 0 Å². The van der Waals surface area contributed by atoms with E-state index in [1.54, 1.807) is 35.9 Å². The maximum atomic E-state index is 12.4. The maximum Gasteiger partial charge on any atom is 0.270 e. The Hall–Kier alpha value is -2.76. The molecule has 6 nitrogen and oxygen atoms in total. The molecule has 0 aliphatic carbocycles. The lowest BCUT2D eigenvalue weighted by Crippen LogP contribution is -2.38. The van der Waals surface area contributed by atoms with Gasteiger partial charge in [0.05, 0.1) is 0 Å². The number of likely N-dealkylation sites (tertiary alicyclic amines) is 1. The lowest BCUT2D eigenvalue weighted by molar-refractivity contribution is -0.136. The largest absolute Gasteiger partial charge is 0.481 e. The van der Waals surface area contributed by atoms with E-state index in [1.165, 1.54) is 0 Å². The van der Waals surface area contributed by atoms with Gasteiger partial charge < -0.3 is 9.64 Å². The van der Waals surface area contributed by atoms with Crippen LogP contribution >= 0.6 is 0 Å². The number of rotatable bonds is 5. The Morgan fingerprint density at radius 1 is 1.00 bits per heavy atom. The summed E-state index contributed by atoms with van der Waals surface area (Å²) in [4.78, 5) is 26.5. The quantitative estimate of drug-likeness (QED) is 0.897. The van der Waals surface area contributed by atoms with Crippen LogP contribution in [0.1, 0.15) is 41.5 Å². The summed E-state index contributed by atoms with van der Waals surface area (Å²) in [5.74, 6) is 0.401. The number of nitrogens with one attached hydrogen (secondary N) is 1. The molecule has 1 atom stereocenters. The molecule has 0 unspecified atom stereocenters. The van der Waals surface area contributed by atoms with E-state index in [0.29, 0.717) is 11.3 Å². The van der Waals surface area contributed by atoms with Crippen LogP contribution in [0.5, 0.6) is 5.75 Å². The van der Waals surface area contributed by atoms with E-state index < -0.39 is 6.10 Å². The summed E-state index contributed by atoms with van der Waals surface area (Å²) in [6.45, 7) is 7.25. The summed E-state index contributed by atoms with van der Waals surface area (Å²) in [5, 5.41) is 0. The summed E-state index contributed by atoms with van der Waals surface area (Å²) < 4.78 is 7.49. The standard InChI is InChI=1S/C20H25N3O3/c1-14-6-7-15(2)23(14)21-19(24)17-8-10-18(11-9-17)26-16(3)20(25)22-12-4-5-13-22/h6-11,16H,4-5,12-13H2,1-3H3,(H,21,24)/t16-/m1/s1. The molecule has 2 aromatic rings. The van der Waals surface area contributed by atoms with Gasteiger partial charge in [0.1, 0.15) is 5.75 Å². The first kappa shape index (κ1) is 18.0. The van der Waals surface area contributed by atoms with Gasteiger partial charge in [-0.3, -0.25) is 19.7 Å². The van der Waals surface area contributed by atoms with Gasteiger partial charge in [0.25, 0.3) is 11.8 Å². The van der Waals surface area contributed by atoms with E-state index in [0.717, 1.165) is 37.3 Å². The highest BCUT2D eigenvalue weighted by atomic mass is 16.5. The average molecular weight is 355 g/mol. The highest BCUT2D eigenvalue weighted by molar-refractivity contribution is 6.00. The summed E-state index contributed by atoms with van der Waals surface area (Å²) in [7, 11) is 0. The number of amides is 2. The van der Waals surface area contributed by atoms with Crippen molar-refractivity contribution in [2.75, 3.05) is 18.5 Å². The average Bonchev–Trinajstić information content (AvgIpc) is 3.27. The summed E-state index contributed by atoms with van der Waals surface area (Å²) in [5.41, 5.74) is 5.32. The third-order valence-electron chi connectivity index (χ3n) is 4.68. The molecule has 0 bridgehead atoms. The van der Waals surface area contributed by atoms with Crippen molar-refractivity contribution in [2.45, 2.75) is 39.7 Å². The molecule has 1 aromatic carbocycles. The molecule has 26 heavy (non-hydrogen) atoms. The summed E-state index contributed by atoms with van der Waals surface area (Å²) in [6.07, 6.45) is 1.59. The van der Waals surface area contributed by atoms with Crippen LogP contribution in [0.2, 0.25) is 0 Å². The number of hydrogen-bond acceptors (Lipinski definition) is 3. The second kappa shape index (κ2) is 7.64. The van der Waals surface area contributed by atoms with Crippen molar-refractivity contribution in [3.8, 4) is 5.75 Å². The van der Waals surface area contributed by atoms with E-state index in [2.05, 4.69) is 5.43 Å². The Bertz CT molecular complexity index is 770. The first-order chi connectivity index (χ1) is 12.5. The minimum atomic E-state index is -0.530. The number of aromatic nitrogens is 1. The van der Waals surface area contributed by atoms with Crippen molar-refractivity contribution in [1.82, 2.24) is 9.58 Å². The molecule has 0 saturated carbocycles. The van der Waals surface area contributed by atoms with Crippen molar-refractivity contribution >= 4 is 11.8 Å². The maximum absolute atomic E-state index is 12.4. The second-order valence-corrected chi connectivity index (χ2v) is 6.71. The van der Waals surface area contributed by atoms with Crippen LogP contribution in [0, 0.1) is 13.8 Å². The molecular formula is C20H25N3O3. The topological polar surface area (TPSA) is 63.6 Å². The molecule has 1 saturated heterocycles. The monoisotopic (exact) mass is 355 g/mol. The molecule has 1 fully saturated rings. The van der Waals surface area contributed by atoms with Gasteiger partial charge >= 0.3 is 0 Å². The first-order valence-corrected chi connectivity index (χ1v) is 8.97. The van der Waals surface area contributed by atoms with E-state index in [1.807, 2.05) is 30.9 Å². The fourth-order valence-electron chi connectivity index (χ4n) is 3.14. The Morgan fingerprint density at radius 3 is 2.15 bits per heavy atom. The van der Waals surface area contributed by atoms with Gasteiger partial charge in [0.2, 0.25) is 0 Å². The molecule has 1 aliphatic heterocycles. The number of benzene rings is 1. The molecule has 2 heterocycles. The number of carbonyl (C=O) groups is 2. The number of carbonyl (C=O) groups excluding carboxylic acids is 2. The van der Waals surface area contributed by atoms with Crippen LogP contribution in [-0.4, -0.2) is 40.6 Å². The Balaban J connectivity index is 1.61. The zero-order valence-electron chi connectivity index (χ0n) is 15.5. The van der Waals surface area contributed by atoms with Gasteiger partial charge in [0, 0.05) is 30.0 Å². The van der Waals surface area contributed by atoms with E-state index in [4.69, 9.17) is 4.74 Å². The Kier molecular flexibility index (Phi) is 5.30. The van der Waals surface area contributed by atoms with Crippen LogP contribution < -0.4 is 10.2 Å². The smallest absolute Gasteiger partial charge is 0.270 e. The van der Waals surface area contributed by atoms with E-state index in [-0.39, 0.29) is 11.8 Å². The molecule has 1 aliphatic rings. The SMILES string of the molecule is Cc1ccc(C)n1NC(=O)c1ccc(O[C@H](C)C(=O)N2CCCC2)cc1. The molecule has 6 heteroatoms. The minimum Gasteiger partial charge on any atom is -0.481 e. The lowest BCUT2D eigenvalue weighted by atomic mass is 10.2. The van der Waals surface area contributed by atoms with Crippen molar-refractivity contribution in [3.05, 3.63) is 53.3 Å². The molecule has 3 rings (SSSR count). The Labute approximate surface area is 153 Å². The van der Waals surface area contributed by atoms with Gasteiger partial charge in [-0.2, -0.15) is 0 Å². The third kappa shape index (κ3) is 3.90. The highest BCUT2D eigenvalue weighted by Gasteiger charge is 2.24. The normalized spacial score (nSPS) is 15.0. The molecular weight excluding hydrogens is 330 g/mol. The van der Waals surface area contributed by atoms with Gasteiger partial charge in [-0.1, -0.05) is 0 Å². The summed E-state index contributed by atoms with van der Waals surface area (Å²) >= 11 is 0. The number of hydrogen-bond donors (Lipinski definition) is 1. The molecule has 0 radical (unpaired) electrons. The number of nitrogens with zero attached hydrogens (tertiary/aromatic N) is 2. The first-order valence-electron chi connectivity index (χ1n) is 8.97. The fourth-order valence-corrected chi connectivity index (χ4v) is 3.14. The second-order valence-electron chi connectivity index (χ2n) is 6.71. The van der Waals surface area contributed by atoms with Crippen molar-refractivity contribution < 1.29 is 14.3 Å². The molecule has 0 spiro atoms. The predicted octanol–water partition coefficient (Wildman–Crippen LogP) is 2.88. The van der Waals surface area contributed by atoms with Gasteiger partial charge in [-0.15, -0.1) is 0 Å². The third-order valence-corrected chi connectivity index (χ3v) is 4.68. The van der Waals surface area contributed by atoms with Crippen LogP contribution in [0.4, 0.5) is 0 Å². The van der Waals surface area contributed by atoms with Gasteiger partial charge in [-0.25, -0.2) is 0 Å². The summed E-state index contributed by atoms with van der Waals surface area (Å²) in [6, 6.07) is 10.7. The van der Waals surface area contributed by atoms with Gasteiger partial charge in [0.15, 0.2) is 6.10 Å². The van der Waals surface area contributed by atoms with Gasteiger partial charge in [-0.05, 0) is 70.0 Å². The number of ether oxygens (including phenoxy) is 1. The minimum absolute atomic E-state index is 0.0166. The van der Waals surface area contributed by atoms with Crippen LogP contribution in [-0.2, 0) is 4.79 Å². The molecule has 2 amide bonds.